The molecule has 27 heavy (non-hydrogen) atoms. The second-order valence-electron chi connectivity index (χ2n) is 6.14. The highest BCUT2D eigenvalue weighted by Gasteiger charge is 2.31. The minimum Gasteiger partial charge on any atom is -0.456 e. The number of para-hydroxylation sites is 2. The van der Waals surface area contributed by atoms with E-state index in [9.17, 15) is 8.42 Å². The van der Waals surface area contributed by atoms with Crippen molar-refractivity contribution in [1.82, 2.24) is 4.31 Å². The molecule has 138 valence electrons. The highest BCUT2D eigenvalue weighted by molar-refractivity contribution is 7.89. The molecule has 0 spiro atoms. The van der Waals surface area contributed by atoms with E-state index >= 15 is 0 Å². The third kappa shape index (κ3) is 3.44. The van der Waals surface area contributed by atoms with Crippen molar-refractivity contribution in [3.63, 3.8) is 0 Å². The standard InChI is InChI=1S/C20H15Cl2NO3S/c21-16-8-5-7-15(20(16)22)13-23-12-14-6-1-2-9-17(14)26-18-10-3-4-11-19(18)27(23,24)25/h1-11H,12-13H2. The van der Waals surface area contributed by atoms with Gasteiger partial charge in [0.15, 0.2) is 0 Å². The van der Waals surface area contributed by atoms with Gasteiger partial charge in [0.2, 0.25) is 10.0 Å². The molecular weight excluding hydrogens is 405 g/mol. The van der Waals surface area contributed by atoms with Crippen molar-refractivity contribution in [3.05, 3.63) is 87.9 Å². The van der Waals surface area contributed by atoms with E-state index in [1.807, 2.05) is 24.3 Å². The van der Waals surface area contributed by atoms with Gasteiger partial charge in [0.05, 0.1) is 10.0 Å². The largest absolute Gasteiger partial charge is 0.456 e. The summed E-state index contributed by atoms with van der Waals surface area (Å²) < 4.78 is 34.0. The fraction of sp³-hybridized carbons (Fsp3) is 0.100. The van der Waals surface area contributed by atoms with Gasteiger partial charge in [-0.2, -0.15) is 4.31 Å². The van der Waals surface area contributed by atoms with Crippen LogP contribution >= 0.6 is 23.2 Å². The van der Waals surface area contributed by atoms with Crippen LogP contribution in [0.15, 0.2) is 71.6 Å². The zero-order valence-electron chi connectivity index (χ0n) is 14.1. The van der Waals surface area contributed by atoms with Crippen LogP contribution in [0.2, 0.25) is 10.0 Å². The second kappa shape index (κ2) is 7.17. The maximum atomic E-state index is 13.4. The molecule has 7 heteroatoms. The molecule has 0 atom stereocenters. The third-order valence-corrected chi connectivity index (χ3v) is 7.07. The lowest BCUT2D eigenvalue weighted by Crippen LogP contribution is -2.31. The fourth-order valence-corrected chi connectivity index (χ4v) is 4.91. The van der Waals surface area contributed by atoms with E-state index in [-0.39, 0.29) is 18.0 Å². The van der Waals surface area contributed by atoms with E-state index in [1.165, 1.54) is 4.31 Å². The normalized spacial score (nSPS) is 15.8. The average Bonchev–Trinajstić information content (AvgIpc) is 2.65. The van der Waals surface area contributed by atoms with Gasteiger partial charge in [0.25, 0.3) is 0 Å². The summed E-state index contributed by atoms with van der Waals surface area (Å²) in [5.74, 6) is 0.925. The minimum atomic E-state index is -3.81. The van der Waals surface area contributed by atoms with Crippen LogP contribution in [0.1, 0.15) is 11.1 Å². The maximum Gasteiger partial charge on any atom is 0.247 e. The van der Waals surface area contributed by atoms with Crippen LogP contribution in [0.4, 0.5) is 0 Å². The molecule has 0 aliphatic carbocycles. The molecule has 0 saturated carbocycles. The predicted octanol–water partition coefficient (Wildman–Crippen LogP) is 5.49. The van der Waals surface area contributed by atoms with Crippen molar-refractivity contribution in [2.45, 2.75) is 18.0 Å². The molecule has 4 rings (SSSR count). The highest BCUT2D eigenvalue weighted by atomic mass is 35.5. The Hall–Kier alpha value is -2.05. The highest BCUT2D eigenvalue weighted by Crippen LogP contribution is 2.37. The first-order chi connectivity index (χ1) is 13.0. The van der Waals surface area contributed by atoms with Crippen LogP contribution in [-0.4, -0.2) is 12.7 Å². The van der Waals surface area contributed by atoms with Gasteiger partial charge in [0.1, 0.15) is 16.4 Å². The minimum absolute atomic E-state index is 0.102. The molecule has 0 fully saturated rings. The lowest BCUT2D eigenvalue weighted by molar-refractivity contribution is 0.374. The van der Waals surface area contributed by atoms with E-state index in [1.54, 1.807) is 42.5 Å². The van der Waals surface area contributed by atoms with Gasteiger partial charge in [-0.3, -0.25) is 0 Å². The Balaban J connectivity index is 1.86. The molecule has 4 nitrogen and oxygen atoms in total. The van der Waals surface area contributed by atoms with Gasteiger partial charge in [-0.25, -0.2) is 8.42 Å². The van der Waals surface area contributed by atoms with Crippen molar-refractivity contribution >= 4 is 33.2 Å². The number of halogens is 2. The van der Waals surface area contributed by atoms with Gasteiger partial charge in [-0.1, -0.05) is 65.7 Å². The van der Waals surface area contributed by atoms with Gasteiger partial charge < -0.3 is 4.74 Å². The SMILES string of the molecule is O=S1(=O)c2ccccc2Oc2ccccc2CN1Cc1cccc(Cl)c1Cl. The van der Waals surface area contributed by atoms with E-state index in [2.05, 4.69) is 0 Å². The Bertz CT molecular complexity index is 1120. The van der Waals surface area contributed by atoms with E-state index < -0.39 is 10.0 Å². The van der Waals surface area contributed by atoms with Gasteiger partial charge >= 0.3 is 0 Å². The Morgan fingerprint density at radius 2 is 1.59 bits per heavy atom. The summed E-state index contributed by atoms with van der Waals surface area (Å²) in [4.78, 5) is 0.123. The zero-order chi connectivity index (χ0) is 19.0. The topological polar surface area (TPSA) is 46.6 Å². The molecule has 1 aliphatic rings. The number of fused-ring (bicyclic) bond motifs is 2. The van der Waals surface area contributed by atoms with Crippen molar-refractivity contribution < 1.29 is 13.2 Å². The zero-order valence-corrected chi connectivity index (χ0v) is 16.4. The van der Waals surface area contributed by atoms with Crippen molar-refractivity contribution in [3.8, 4) is 11.5 Å². The molecule has 1 heterocycles. The number of rotatable bonds is 2. The number of benzene rings is 3. The summed E-state index contributed by atoms with van der Waals surface area (Å²) in [6.45, 7) is 0.264. The molecular formula is C20H15Cl2NO3S. The first-order valence-corrected chi connectivity index (χ1v) is 10.4. The van der Waals surface area contributed by atoms with Crippen molar-refractivity contribution in [1.29, 1.82) is 0 Å². The Morgan fingerprint density at radius 1 is 0.889 bits per heavy atom. The number of ether oxygens (including phenoxy) is 1. The van der Waals surface area contributed by atoms with E-state index in [4.69, 9.17) is 27.9 Å². The van der Waals surface area contributed by atoms with Gasteiger partial charge in [0, 0.05) is 18.7 Å². The quantitative estimate of drug-likeness (QED) is 0.551. The smallest absolute Gasteiger partial charge is 0.247 e. The van der Waals surface area contributed by atoms with Crippen LogP contribution < -0.4 is 4.74 Å². The maximum absolute atomic E-state index is 13.4. The molecule has 0 bridgehead atoms. The summed E-state index contributed by atoms with van der Waals surface area (Å²) in [5, 5.41) is 0.747. The van der Waals surface area contributed by atoms with Gasteiger partial charge in [-0.15, -0.1) is 0 Å². The van der Waals surface area contributed by atoms with Crippen molar-refractivity contribution in [2.75, 3.05) is 0 Å². The van der Waals surface area contributed by atoms with E-state index in [0.717, 1.165) is 5.56 Å². The molecule has 0 unspecified atom stereocenters. The first kappa shape index (κ1) is 18.3. The number of hydrogen-bond acceptors (Lipinski definition) is 3. The molecule has 3 aromatic carbocycles. The summed E-state index contributed by atoms with van der Waals surface area (Å²) in [6, 6.07) is 19.2. The predicted molar refractivity (Wildman–Crippen MR) is 106 cm³/mol. The Morgan fingerprint density at radius 3 is 2.41 bits per heavy atom. The summed E-state index contributed by atoms with van der Waals surface area (Å²) >= 11 is 12.4. The van der Waals surface area contributed by atoms with Gasteiger partial charge in [-0.05, 0) is 29.8 Å². The molecule has 0 radical (unpaired) electrons. The number of nitrogens with zero attached hydrogens (tertiary/aromatic N) is 1. The number of sulfonamides is 1. The molecule has 1 aliphatic heterocycles. The number of hydrogen-bond donors (Lipinski definition) is 0. The third-order valence-electron chi connectivity index (χ3n) is 4.38. The molecule has 0 saturated heterocycles. The average molecular weight is 420 g/mol. The van der Waals surface area contributed by atoms with Crippen LogP contribution in [0.25, 0.3) is 0 Å². The summed E-state index contributed by atoms with van der Waals surface area (Å²) in [7, 11) is -3.81. The van der Waals surface area contributed by atoms with E-state index in [0.29, 0.717) is 27.1 Å². The van der Waals surface area contributed by atoms with Crippen LogP contribution in [0.3, 0.4) is 0 Å². The van der Waals surface area contributed by atoms with Crippen LogP contribution in [0, 0.1) is 0 Å². The second-order valence-corrected chi connectivity index (χ2v) is 8.83. The molecule has 0 aromatic heterocycles. The lowest BCUT2D eigenvalue weighted by atomic mass is 10.1. The molecule has 0 amide bonds. The first-order valence-electron chi connectivity index (χ1n) is 8.24. The summed E-state index contributed by atoms with van der Waals surface area (Å²) in [6.07, 6.45) is 0. The lowest BCUT2D eigenvalue weighted by Gasteiger charge is -2.27. The summed E-state index contributed by atoms with van der Waals surface area (Å²) in [5.41, 5.74) is 1.41. The van der Waals surface area contributed by atoms with Crippen LogP contribution in [-0.2, 0) is 23.1 Å². The molecule has 0 N–H and O–H groups in total. The van der Waals surface area contributed by atoms with Crippen LogP contribution in [0.5, 0.6) is 11.5 Å². The molecule has 3 aromatic rings. The Kier molecular flexibility index (Phi) is 4.86. The fourth-order valence-electron chi connectivity index (χ4n) is 3.02. The Labute approximate surface area is 168 Å². The van der Waals surface area contributed by atoms with Crippen molar-refractivity contribution in [2.24, 2.45) is 0 Å². The monoisotopic (exact) mass is 419 g/mol.